The third-order valence-corrected chi connectivity index (χ3v) is 4.09. The Bertz CT molecular complexity index is 789. The van der Waals surface area contributed by atoms with Gasteiger partial charge in [0.25, 0.3) is 11.8 Å². The molecule has 2 aromatic rings. The van der Waals surface area contributed by atoms with Crippen LogP contribution in [0.2, 0.25) is 5.02 Å². The number of phenols is 1. The Balaban J connectivity index is 1.62. The average molecular weight is 331 g/mol. The van der Waals surface area contributed by atoms with Gasteiger partial charge in [-0.2, -0.15) is 0 Å². The lowest BCUT2D eigenvalue weighted by Crippen LogP contribution is -2.20. The topological polar surface area (TPSA) is 78.4 Å². The minimum Gasteiger partial charge on any atom is -0.508 e. The summed E-state index contributed by atoms with van der Waals surface area (Å²) in [5, 5.41) is 15.4. The molecule has 1 heterocycles. The molecule has 0 spiro atoms. The Morgan fingerprint density at radius 1 is 1.13 bits per heavy atom. The number of hydrogen-bond acceptors (Lipinski definition) is 4. The van der Waals surface area contributed by atoms with Crippen molar-refractivity contribution in [2.75, 3.05) is 11.9 Å². The largest absolute Gasteiger partial charge is 0.508 e. The number of halogens is 1. The van der Waals surface area contributed by atoms with Crippen molar-refractivity contribution < 1.29 is 14.7 Å². The number of aryl methyl sites for hydroxylation is 1. The van der Waals surface area contributed by atoms with Crippen molar-refractivity contribution in [2.24, 2.45) is 0 Å². The number of phenolic OH excluding ortho intramolecular Hbond substituents is 1. The van der Waals surface area contributed by atoms with E-state index in [-0.39, 0.29) is 17.6 Å². The lowest BCUT2D eigenvalue weighted by atomic mass is 10.1. The van der Waals surface area contributed by atoms with Crippen molar-refractivity contribution in [1.82, 2.24) is 5.32 Å². The normalized spacial score (nSPS) is 12.9. The predicted octanol–water partition coefficient (Wildman–Crippen LogP) is 2.97. The molecule has 0 fully saturated rings. The van der Waals surface area contributed by atoms with Crippen molar-refractivity contribution >= 4 is 29.1 Å². The number of nitrogens with one attached hydrogen (secondary N) is 2. The number of anilines is 1. The van der Waals surface area contributed by atoms with Gasteiger partial charge in [-0.1, -0.05) is 23.7 Å². The SMILES string of the molecule is O=C1NC(=O)c2c(NCCCc3ccc(O)cc3Cl)cccc21. The first kappa shape index (κ1) is 15.4. The minimum atomic E-state index is -0.366. The molecule has 0 atom stereocenters. The third-order valence-electron chi connectivity index (χ3n) is 3.74. The summed E-state index contributed by atoms with van der Waals surface area (Å²) in [5.74, 6) is -0.577. The molecule has 118 valence electrons. The summed E-state index contributed by atoms with van der Waals surface area (Å²) in [4.78, 5) is 23.4. The van der Waals surface area contributed by atoms with Crippen LogP contribution in [0.3, 0.4) is 0 Å². The average Bonchev–Trinajstić information content (AvgIpc) is 2.81. The first-order valence-electron chi connectivity index (χ1n) is 7.26. The zero-order chi connectivity index (χ0) is 16.4. The van der Waals surface area contributed by atoms with Gasteiger partial charge in [-0.15, -0.1) is 0 Å². The second-order valence-electron chi connectivity index (χ2n) is 5.32. The van der Waals surface area contributed by atoms with E-state index in [9.17, 15) is 14.7 Å². The molecular formula is C17H15ClN2O3. The second-order valence-corrected chi connectivity index (χ2v) is 5.72. The molecule has 23 heavy (non-hydrogen) atoms. The fourth-order valence-corrected chi connectivity index (χ4v) is 2.88. The van der Waals surface area contributed by atoms with Crippen LogP contribution in [0.4, 0.5) is 5.69 Å². The van der Waals surface area contributed by atoms with E-state index in [2.05, 4.69) is 10.6 Å². The standard InChI is InChI=1S/C17H15ClN2O3/c18-13-9-11(21)7-6-10(13)3-2-8-19-14-5-1-4-12-15(14)17(23)20-16(12)22/h1,4-7,9,19,21H,2-3,8H2,(H,20,22,23). The highest BCUT2D eigenvalue weighted by Crippen LogP contribution is 2.25. The molecule has 0 aromatic heterocycles. The molecule has 0 aliphatic carbocycles. The molecule has 0 unspecified atom stereocenters. The first-order valence-corrected chi connectivity index (χ1v) is 7.64. The van der Waals surface area contributed by atoms with Crippen LogP contribution in [0.1, 0.15) is 32.7 Å². The molecule has 5 nitrogen and oxygen atoms in total. The monoisotopic (exact) mass is 330 g/mol. The fourth-order valence-electron chi connectivity index (χ4n) is 2.61. The van der Waals surface area contributed by atoms with Crippen LogP contribution >= 0.6 is 11.6 Å². The summed E-state index contributed by atoms with van der Waals surface area (Å²) in [6.07, 6.45) is 1.54. The van der Waals surface area contributed by atoms with Crippen molar-refractivity contribution in [1.29, 1.82) is 0 Å². The molecule has 6 heteroatoms. The minimum absolute atomic E-state index is 0.146. The molecule has 1 aliphatic heterocycles. The van der Waals surface area contributed by atoms with Gasteiger partial charge in [0, 0.05) is 17.3 Å². The van der Waals surface area contributed by atoms with E-state index in [4.69, 9.17) is 11.6 Å². The number of hydrogen-bond donors (Lipinski definition) is 3. The summed E-state index contributed by atoms with van der Waals surface area (Å²) >= 11 is 6.07. The van der Waals surface area contributed by atoms with Gasteiger partial charge in [0.1, 0.15) is 5.75 Å². The van der Waals surface area contributed by atoms with Gasteiger partial charge in [-0.3, -0.25) is 14.9 Å². The van der Waals surface area contributed by atoms with Crippen molar-refractivity contribution in [3.8, 4) is 5.75 Å². The quantitative estimate of drug-likeness (QED) is 0.581. The van der Waals surface area contributed by atoms with Gasteiger partial charge < -0.3 is 10.4 Å². The van der Waals surface area contributed by atoms with E-state index >= 15 is 0 Å². The Morgan fingerprint density at radius 3 is 2.74 bits per heavy atom. The second kappa shape index (κ2) is 6.30. The van der Waals surface area contributed by atoms with E-state index in [0.717, 1.165) is 18.4 Å². The van der Waals surface area contributed by atoms with Crippen molar-refractivity contribution in [3.05, 3.63) is 58.1 Å². The van der Waals surface area contributed by atoms with Gasteiger partial charge >= 0.3 is 0 Å². The van der Waals surface area contributed by atoms with Crippen LogP contribution in [-0.4, -0.2) is 23.5 Å². The summed E-state index contributed by atoms with van der Waals surface area (Å²) in [7, 11) is 0. The van der Waals surface area contributed by atoms with Crippen molar-refractivity contribution in [3.63, 3.8) is 0 Å². The number of amides is 2. The molecule has 1 aliphatic rings. The van der Waals surface area contributed by atoms with Crippen LogP contribution in [0, 0.1) is 0 Å². The predicted molar refractivity (Wildman–Crippen MR) is 88.2 cm³/mol. The van der Waals surface area contributed by atoms with Crippen LogP contribution in [0.5, 0.6) is 5.75 Å². The van der Waals surface area contributed by atoms with E-state index in [1.54, 1.807) is 30.3 Å². The number of benzene rings is 2. The highest BCUT2D eigenvalue weighted by atomic mass is 35.5. The van der Waals surface area contributed by atoms with Gasteiger partial charge in [-0.05, 0) is 42.7 Å². The highest BCUT2D eigenvalue weighted by molar-refractivity contribution is 6.31. The van der Waals surface area contributed by atoms with Crippen LogP contribution in [-0.2, 0) is 6.42 Å². The molecular weight excluding hydrogens is 316 g/mol. The molecule has 0 saturated heterocycles. The lowest BCUT2D eigenvalue weighted by Gasteiger charge is -2.10. The van der Waals surface area contributed by atoms with Gasteiger partial charge in [-0.25, -0.2) is 0 Å². The zero-order valence-corrected chi connectivity index (χ0v) is 13.0. The Labute approximate surface area is 138 Å². The molecule has 3 rings (SSSR count). The number of rotatable bonds is 5. The van der Waals surface area contributed by atoms with Gasteiger partial charge in [0.2, 0.25) is 0 Å². The molecule has 0 radical (unpaired) electrons. The summed E-state index contributed by atoms with van der Waals surface area (Å²) < 4.78 is 0. The number of imide groups is 1. The maximum absolute atomic E-state index is 11.8. The first-order chi connectivity index (χ1) is 11.1. The van der Waals surface area contributed by atoms with Crippen LogP contribution in [0.15, 0.2) is 36.4 Å². The summed E-state index contributed by atoms with van der Waals surface area (Å²) in [6, 6.07) is 10.1. The van der Waals surface area contributed by atoms with Crippen LogP contribution in [0.25, 0.3) is 0 Å². The fraction of sp³-hybridized carbons (Fsp3) is 0.176. The zero-order valence-electron chi connectivity index (χ0n) is 12.2. The summed E-state index contributed by atoms with van der Waals surface area (Å²) in [6.45, 7) is 0.634. The van der Waals surface area contributed by atoms with E-state index < -0.39 is 0 Å². The maximum Gasteiger partial charge on any atom is 0.261 e. The Hall–Kier alpha value is -2.53. The van der Waals surface area contributed by atoms with E-state index in [1.165, 1.54) is 6.07 Å². The lowest BCUT2D eigenvalue weighted by molar-refractivity contribution is 0.0880. The Morgan fingerprint density at radius 2 is 1.96 bits per heavy atom. The maximum atomic E-state index is 11.8. The van der Waals surface area contributed by atoms with Crippen LogP contribution < -0.4 is 10.6 Å². The van der Waals surface area contributed by atoms with Crippen molar-refractivity contribution in [2.45, 2.75) is 12.8 Å². The number of aromatic hydroxyl groups is 1. The van der Waals surface area contributed by atoms with E-state index in [0.29, 0.717) is 28.4 Å². The number of carbonyl (C=O) groups is 2. The molecule has 2 amide bonds. The third kappa shape index (κ3) is 3.14. The van der Waals surface area contributed by atoms with E-state index in [1.807, 2.05) is 0 Å². The summed E-state index contributed by atoms with van der Waals surface area (Å²) in [5.41, 5.74) is 2.42. The molecule has 2 aromatic carbocycles. The molecule has 0 bridgehead atoms. The smallest absolute Gasteiger partial charge is 0.261 e. The van der Waals surface area contributed by atoms with Gasteiger partial charge in [0.05, 0.1) is 11.1 Å². The number of fused-ring (bicyclic) bond motifs is 1. The van der Waals surface area contributed by atoms with Gasteiger partial charge in [0.15, 0.2) is 0 Å². The number of carbonyl (C=O) groups excluding carboxylic acids is 2. The Kier molecular flexibility index (Phi) is 4.21. The highest BCUT2D eigenvalue weighted by Gasteiger charge is 2.28. The molecule has 0 saturated carbocycles. The molecule has 3 N–H and O–H groups in total.